The topological polar surface area (TPSA) is 87.1 Å². The van der Waals surface area contributed by atoms with Crippen molar-refractivity contribution >= 4 is 11.9 Å². The molecule has 6 nitrogen and oxygen atoms in total. The Morgan fingerprint density at radius 3 is 2.65 bits per heavy atom. The quantitative estimate of drug-likeness (QED) is 0.819. The van der Waals surface area contributed by atoms with Crippen molar-refractivity contribution in [3.63, 3.8) is 0 Å². The molecule has 0 spiro atoms. The highest BCUT2D eigenvalue weighted by Crippen LogP contribution is 2.19. The third kappa shape index (κ3) is 3.48. The molecule has 0 bridgehead atoms. The monoisotopic (exact) mass is 279 g/mol. The third-order valence-corrected chi connectivity index (χ3v) is 3.21. The van der Waals surface area contributed by atoms with Crippen molar-refractivity contribution in [3.8, 4) is 5.75 Å². The molecule has 2 atom stereocenters. The number of carboxylic acids is 1. The van der Waals surface area contributed by atoms with Crippen LogP contribution >= 0.6 is 0 Å². The molecule has 0 aliphatic carbocycles. The van der Waals surface area contributed by atoms with E-state index in [4.69, 9.17) is 9.84 Å². The highest BCUT2D eigenvalue weighted by molar-refractivity contribution is 5.84. The number of hydrogen-bond donors (Lipinski definition) is 2. The first-order valence-corrected chi connectivity index (χ1v) is 6.46. The fraction of sp³-hybridized carbons (Fsp3) is 0.429. The van der Waals surface area contributed by atoms with E-state index in [1.54, 1.807) is 12.1 Å². The molecule has 1 aromatic rings. The van der Waals surface area contributed by atoms with Crippen molar-refractivity contribution in [2.45, 2.75) is 25.0 Å². The molecule has 1 saturated heterocycles. The number of amides is 1. The van der Waals surface area contributed by atoms with Gasteiger partial charge in [-0.05, 0) is 12.1 Å². The summed E-state index contributed by atoms with van der Waals surface area (Å²) in [7, 11) is 0. The van der Waals surface area contributed by atoms with Gasteiger partial charge in [-0.3, -0.25) is 4.79 Å². The number of aliphatic hydroxyl groups excluding tert-OH is 1. The molecular formula is C14H17NO5. The zero-order chi connectivity index (χ0) is 14.5. The Balaban J connectivity index is 1.84. The number of likely N-dealkylation sites (tertiary alicyclic amines) is 1. The molecule has 2 N–H and O–H groups in total. The number of aliphatic carboxylic acids is 1. The highest BCUT2D eigenvalue weighted by atomic mass is 16.5. The number of hydrogen-bond acceptors (Lipinski definition) is 4. The molecule has 20 heavy (non-hydrogen) atoms. The number of para-hydroxylation sites is 1. The van der Waals surface area contributed by atoms with Gasteiger partial charge in [-0.25, -0.2) is 4.79 Å². The molecule has 0 unspecified atom stereocenters. The van der Waals surface area contributed by atoms with Crippen LogP contribution in [-0.2, 0) is 9.59 Å². The lowest BCUT2D eigenvalue weighted by Crippen LogP contribution is -2.41. The summed E-state index contributed by atoms with van der Waals surface area (Å²) in [6.45, 7) is 0.253. The SMILES string of the molecule is O=C(O)[C@H]1C[C@@H](O)CN1C(=O)CCOc1ccccc1. The van der Waals surface area contributed by atoms with Crippen LogP contribution in [0.2, 0.25) is 0 Å². The Hall–Kier alpha value is -2.08. The first-order valence-electron chi connectivity index (χ1n) is 6.46. The van der Waals surface area contributed by atoms with E-state index in [1.165, 1.54) is 4.90 Å². The Morgan fingerprint density at radius 1 is 1.30 bits per heavy atom. The molecule has 1 heterocycles. The summed E-state index contributed by atoms with van der Waals surface area (Å²) in [5.41, 5.74) is 0. The van der Waals surface area contributed by atoms with E-state index in [0.717, 1.165) is 0 Å². The number of carboxylic acid groups (broad SMARTS) is 1. The summed E-state index contributed by atoms with van der Waals surface area (Å²) in [4.78, 5) is 24.2. The second-order valence-electron chi connectivity index (χ2n) is 4.70. The molecule has 1 aliphatic rings. The zero-order valence-corrected chi connectivity index (χ0v) is 10.9. The minimum absolute atomic E-state index is 0.0706. The second-order valence-corrected chi connectivity index (χ2v) is 4.70. The van der Waals surface area contributed by atoms with Crippen LogP contribution < -0.4 is 4.74 Å². The van der Waals surface area contributed by atoms with Crippen LogP contribution in [0.1, 0.15) is 12.8 Å². The van der Waals surface area contributed by atoms with Crippen molar-refractivity contribution in [1.29, 1.82) is 0 Å². The number of benzene rings is 1. The van der Waals surface area contributed by atoms with E-state index in [-0.39, 0.29) is 31.9 Å². The largest absolute Gasteiger partial charge is 0.493 e. The van der Waals surface area contributed by atoms with Crippen LogP contribution in [0.4, 0.5) is 0 Å². The van der Waals surface area contributed by atoms with E-state index in [1.807, 2.05) is 18.2 Å². The van der Waals surface area contributed by atoms with Crippen LogP contribution in [0.15, 0.2) is 30.3 Å². The Bertz CT molecular complexity index is 476. The maximum atomic E-state index is 12.0. The first-order chi connectivity index (χ1) is 9.58. The molecule has 1 aromatic carbocycles. The lowest BCUT2D eigenvalue weighted by atomic mass is 10.2. The minimum Gasteiger partial charge on any atom is -0.493 e. The van der Waals surface area contributed by atoms with Gasteiger partial charge in [-0.2, -0.15) is 0 Å². The van der Waals surface area contributed by atoms with E-state index in [9.17, 15) is 14.7 Å². The smallest absolute Gasteiger partial charge is 0.326 e. The summed E-state index contributed by atoms with van der Waals surface area (Å²) in [6.07, 6.45) is -0.596. The predicted molar refractivity (Wildman–Crippen MR) is 70.3 cm³/mol. The predicted octanol–water partition coefficient (Wildman–Crippen LogP) is 0.502. The normalized spacial score (nSPS) is 21.8. The Kier molecular flexibility index (Phi) is 4.57. The number of β-amino-alcohol motifs (C(OH)–C–C–N with tert-alkyl or cyclic N) is 1. The standard InChI is InChI=1S/C14H17NO5/c16-10-8-12(14(18)19)15(9-10)13(17)6-7-20-11-4-2-1-3-5-11/h1-5,10,12,16H,6-9H2,(H,18,19)/t10-,12-/m1/s1. The average Bonchev–Trinajstić information content (AvgIpc) is 2.82. The molecule has 6 heteroatoms. The van der Waals surface area contributed by atoms with Gasteiger partial charge in [0.25, 0.3) is 0 Å². The summed E-state index contributed by atoms with van der Waals surface area (Å²) >= 11 is 0. The van der Waals surface area contributed by atoms with Gasteiger partial charge in [0.1, 0.15) is 11.8 Å². The molecule has 0 saturated carbocycles. The van der Waals surface area contributed by atoms with Gasteiger partial charge in [0.2, 0.25) is 5.91 Å². The van der Waals surface area contributed by atoms with E-state index in [0.29, 0.717) is 5.75 Å². The molecule has 108 valence electrons. The first kappa shape index (κ1) is 14.3. The number of nitrogens with zero attached hydrogens (tertiary/aromatic N) is 1. The number of ether oxygens (including phenoxy) is 1. The maximum Gasteiger partial charge on any atom is 0.326 e. The second kappa shape index (κ2) is 6.38. The van der Waals surface area contributed by atoms with Gasteiger partial charge in [0.05, 0.1) is 19.1 Å². The zero-order valence-electron chi connectivity index (χ0n) is 10.9. The van der Waals surface area contributed by atoms with Gasteiger partial charge >= 0.3 is 5.97 Å². The Labute approximate surface area is 116 Å². The average molecular weight is 279 g/mol. The lowest BCUT2D eigenvalue weighted by Gasteiger charge is -2.21. The van der Waals surface area contributed by atoms with Crippen molar-refractivity contribution in [1.82, 2.24) is 4.90 Å². The van der Waals surface area contributed by atoms with Crippen LogP contribution in [0, 0.1) is 0 Å². The maximum absolute atomic E-state index is 12.0. The van der Waals surface area contributed by atoms with Crippen molar-refractivity contribution < 1.29 is 24.5 Å². The van der Waals surface area contributed by atoms with Crippen LogP contribution in [0.25, 0.3) is 0 Å². The molecule has 0 aromatic heterocycles. The Morgan fingerprint density at radius 2 is 2.00 bits per heavy atom. The summed E-state index contributed by atoms with van der Waals surface area (Å²) < 4.78 is 5.40. The van der Waals surface area contributed by atoms with Gasteiger partial charge in [-0.15, -0.1) is 0 Å². The third-order valence-electron chi connectivity index (χ3n) is 3.21. The molecule has 1 aliphatic heterocycles. The number of carbonyl (C=O) groups is 2. The van der Waals surface area contributed by atoms with Crippen molar-refractivity contribution in [2.24, 2.45) is 0 Å². The van der Waals surface area contributed by atoms with E-state index >= 15 is 0 Å². The number of rotatable bonds is 5. The van der Waals surface area contributed by atoms with Crippen LogP contribution in [-0.4, -0.2) is 52.3 Å². The fourth-order valence-corrected chi connectivity index (χ4v) is 2.24. The van der Waals surface area contributed by atoms with Gasteiger partial charge in [0, 0.05) is 13.0 Å². The van der Waals surface area contributed by atoms with Gasteiger partial charge < -0.3 is 19.8 Å². The van der Waals surface area contributed by atoms with Crippen LogP contribution in [0.3, 0.4) is 0 Å². The van der Waals surface area contributed by atoms with E-state index in [2.05, 4.69) is 0 Å². The van der Waals surface area contributed by atoms with Gasteiger partial charge in [0.15, 0.2) is 0 Å². The molecular weight excluding hydrogens is 262 g/mol. The van der Waals surface area contributed by atoms with Gasteiger partial charge in [-0.1, -0.05) is 18.2 Å². The lowest BCUT2D eigenvalue weighted by molar-refractivity contribution is -0.148. The summed E-state index contributed by atoms with van der Waals surface area (Å²) in [6, 6.07) is 8.15. The van der Waals surface area contributed by atoms with Crippen molar-refractivity contribution in [3.05, 3.63) is 30.3 Å². The number of aliphatic hydroxyl groups is 1. The molecule has 1 amide bonds. The number of carbonyl (C=O) groups excluding carboxylic acids is 1. The summed E-state index contributed by atoms with van der Waals surface area (Å²) in [5, 5.41) is 18.5. The fourth-order valence-electron chi connectivity index (χ4n) is 2.24. The summed E-state index contributed by atoms with van der Waals surface area (Å²) in [5.74, 6) is -0.736. The molecule has 2 rings (SSSR count). The highest BCUT2D eigenvalue weighted by Gasteiger charge is 2.38. The minimum atomic E-state index is -1.08. The van der Waals surface area contributed by atoms with E-state index < -0.39 is 18.1 Å². The molecule has 0 radical (unpaired) electrons. The van der Waals surface area contributed by atoms with Crippen LogP contribution in [0.5, 0.6) is 5.75 Å². The van der Waals surface area contributed by atoms with Crippen molar-refractivity contribution in [2.75, 3.05) is 13.2 Å². The molecule has 1 fully saturated rings.